The zero-order valence-electron chi connectivity index (χ0n) is 16.6. The van der Waals surface area contributed by atoms with Crippen LogP contribution in [0.5, 0.6) is 0 Å². The van der Waals surface area contributed by atoms with Gasteiger partial charge in [-0.1, -0.05) is 30.6 Å². The second-order valence-electron chi connectivity index (χ2n) is 10.0. The van der Waals surface area contributed by atoms with E-state index in [0.717, 1.165) is 43.6 Å². The number of aliphatic hydroxyl groups is 1. The molecule has 138 valence electrons. The monoisotopic (exact) mass is 342 g/mol. The van der Waals surface area contributed by atoms with Crippen molar-refractivity contribution >= 4 is 5.78 Å². The molecule has 0 radical (unpaired) electrons. The SMILES string of the molecule is CC(=O)C1=C(C)C[C@H]2[C@@H]3CC(C)=C4CC(O)CC[C@]4(C)[C@H]3CC[C@]12C. The molecule has 0 aromatic rings. The number of carbonyl (C=O) groups excluding carboxylic acids is 1. The van der Waals surface area contributed by atoms with Gasteiger partial charge in [0.25, 0.3) is 0 Å². The number of aliphatic hydroxyl groups excluding tert-OH is 1. The van der Waals surface area contributed by atoms with Gasteiger partial charge in [-0.3, -0.25) is 4.79 Å². The average Bonchev–Trinajstić information content (AvgIpc) is 2.80. The Morgan fingerprint density at radius 1 is 0.960 bits per heavy atom. The van der Waals surface area contributed by atoms with Crippen molar-refractivity contribution in [1.82, 2.24) is 0 Å². The summed E-state index contributed by atoms with van der Waals surface area (Å²) in [4.78, 5) is 12.4. The Hall–Kier alpha value is -0.890. The molecule has 4 rings (SSSR count). The van der Waals surface area contributed by atoms with Gasteiger partial charge in [-0.25, -0.2) is 0 Å². The van der Waals surface area contributed by atoms with Gasteiger partial charge in [0.1, 0.15) is 0 Å². The van der Waals surface area contributed by atoms with Crippen molar-refractivity contribution in [2.75, 3.05) is 0 Å². The van der Waals surface area contributed by atoms with Crippen molar-refractivity contribution in [3.63, 3.8) is 0 Å². The normalized spacial score (nSPS) is 46.6. The van der Waals surface area contributed by atoms with E-state index in [1.54, 1.807) is 18.1 Å². The van der Waals surface area contributed by atoms with E-state index in [1.165, 1.54) is 18.4 Å². The summed E-state index contributed by atoms with van der Waals surface area (Å²) < 4.78 is 0. The van der Waals surface area contributed by atoms with E-state index >= 15 is 0 Å². The molecule has 2 fully saturated rings. The molecule has 0 bridgehead atoms. The summed E-state index contributed by atoms with van der Waals surface area (Å²) in [7, 11) is 0. The van der Waals surface area contributed by atoms with Crippen LogP contribution < -0.4 is 0 Å². The fourth-order valence-corrected chi connectivity index (χ4v) is 7.73. The molecule has 2 heteroatoms. The van der Waals surface area contributed by atoms with Gasteiger partial charge in [0.15, 0.2) is 5.78 Å². The largest absolute Gasteiger partial charge is 0.393 e. The Morgan fingerprint density at radius 3 is 2.32 bits per heavy atom. The number of allylic oxidation sites excluding steroid dienone is 3. The second kappa shape index (κ2) is 5.55. The lowest BCUT2D eigenvalue weighted by Crippen LogP contribution is -2.51. The molecule has 0 amide bonds. The van der Waals surface area contributed by atoms with Gasteiger partial charge in [-0.2, -0.15) is 0 Å². The maximum Gasteiger partial charge on any atom is 0.156 e. The van der Waals surface area contributed by atoms with Crippen LogP contribution in [0.1, 0.15) is 79.6 Å². The van der Waals surface area contributed by atoms with E-state index in [1.807, 2.05) is 0 Å². The molecule has 25 heavy (non-hydrogen) atoms. The summed E-state index contributed by atoms with van der Waals surface area (Å²) in [6, 6.07) is 0. The standard InChI is InChI=1S/C23H34O2/c1-13-10-17-18(22(4)8-6-16(25)12-19(13)22)7-9-23(5)20(17)11-14(2)21(23)15(3)24/h16-18,20,25H,6-12H2,1-5H3/t16?,17-,18+,20+,22-,23+/m1/s1. The van der Waals surface area contributed by atoms with E-state index in [9.17, 15) is 9.90 Å². The molecular formula is C23H34O2. The molecule has 0 aromatic carbocycles. The smallest absolute Gasteiger partial charge is 0.156 e. The number of Topliss-reactive ketones (excluding diaryl/α,β-unsaturated/α-hetero) is 1. The predicted molar refractivity (Wildman–Crippen MR) is 101 cm³/mol. The second-order valence-corrected chi connectivity index (χ2v) is 10.0. The maximum atomic E-state index is 12.4. The van der Waals surface area contributed by atoms with Crippen LogP contribution in [0.25, 0.3) is 0 Å². The lowest BCUT2D eigenvalue weighted by Gasteiger charge is -2.58. The van der Waals surface area contributed by atoms with Crippen molar-refractivity contribution < 1.29 is 9.90 Å². The Bertz CT molecular complexity index is 684. The van der Waals surface area contributed by atoms with Crippen LogP contribution in [0.15, 0.2) is 22.3 Å². The first kappa shape index (κ1) is 17.5. The van der Waals surface area contributed by atoms with Gasteiger partial charge in [0.2, 0.25) is 0 Å². The van der Waals surface area contributed by atoms with Crippen LogP contribution in [0.3, 0.4) is 0 Å². The summed E-state index contributed by atoms with van der Waals surface area (Å²) in [5.74, 6) is 2.37. The number of hydrogen-bond donors (Lipinski definition) is 1. The molecule has 6 atom stereocenters. The van der Waals surface area contributed by atoms with Crippen LogP contribution in [0, 0.1) is 28.6 Å². The first-order valence-corrected chi connectivity index (χ1v) is 10.3. The highest BCUT2D eigenvalue weighted by Crippen LogP contribution is 2.66. The van der Waals surface area contributed by atoms with Crippen LogP contribution in [0.2, 0.25) is 0 Å². The van der Waals surface area contributed by atoms with E-state index in [2.05, 4.69) is 27.7 Å². The number of rotatable bonds is 1. The third kappa shape index (κ3) is 2.29. The van der Waals surface area contributed by atoms with Crippen LogP contribution in [-0.2, 0) is 4.79 Å². The third-order valence-electron chi connectivity index (χ3n) is 8.70. The first-order valence-electron chi connectivity index (χ1n) is 10.3. The summed E-state index contributed by atoms with van der Waals surface area (Å²) in [6.45, 7) is 11.1. The highest BCUT2D eigenvalue weighted by atomic mass is 16.3. The van der Waals surface area contributed by atoms with Gasteiger partial charge in [0.05, 0.1) is 6.10 Å². The third-order valence-corrected chi connectivity index (χ3v) is 8.70. The minimum Gasteiger partial charge on any atom is -0.393 e. The summed E-state index contributed by atoms with van der Waals surface area (Å²) >= 11 is 0. The molecule has 4 aliphatic carbocycles. The lowest BCUT2D eigenvalue weighted by atomic mass is 9.46. The Morgan fingerprint density at radius 2 is 1.64 bits per heavy atom. The van der Waals surface area contributed by atoms with E-state index < -0.39 is 0 Å². The van der Waals surface area contributed by atoms with Gasteiger partial charge in [-0.05, 0) is 99.9 Å². The minimum atomic E-state index is -0.136. The van der Waals surface area contributed by atoms with Crippen molar-refractivity contribution in [3.8, 4) is 0 Å². The Kier molecular flexibility index (Phi) is 3.89. The van der Waals surface area contributed by atoms with Gasteiger partial charge in [0, 0.05) is 0 Å². The van der Waals surface area contributed by atoms with Gasteiger partial charge in [-0.15, -0.1) is 0 Å². The van der Waals surface area contributed by atoms with E-state index in [-0.39, 0.29) is 16.9 Å². The molecule has 0 spiro atoms. The summed E-state index contributed by atoms with van der Waals surface area (Å²) in [5.41, 5.74) is 6.01. The lowest BCUT2D eigenvalue weighted by molar-refractivity contribution is -0.115. The highest BCUT2D eigenvalue weighted by molar-refractivity contribution is 5.96. The average molecular weight is 343 g/mol. The number of carbonyl (C=O) groups is 1. The molecule has 2 nitrogen and oxygen atoms in total. The van der Waals surface area contributed by atoms with Crippen LogP contribution >= 0.6 is 0 Å². The first-order chi connectivity index (χ1) is 11.7. The predicted octanol–water partition coefficient (Wildman–Crippen LogP) is 5.22. The van der Waals surface area contributed by atoms with Gasteiger partial charge >= 0.3 is 0 Å². The van der Waals surface area contributed by atoms with Gasteiger partial charge < -0.3 is 5.11 Å². The summed E-state index contributed by atoms with van der Waals surface area (Å²) in [5, 5.41) is 10.2. The molecule has 0 heterocycles. The van der Waals surface area contributed by atoms with Crippen molar-refractivity contribution in [1.29, 1.82) is 0 Å². The zero-order valence-corrected chi connectivity index (χ0v) is 16.6. The van der Waals surface area contributed by atoms with Crippen molar-refractivity contribution in [2.45, 2.75) is 85.7 Å². The van der Waals surface area contributed by atoms with E-state index in [0.29, 0.717) is 17.6 Å². The molecule has 2 saturated carbocycles. The molecule has 4 aliphatic rings. The van der Waals surface area contributed by atoms with Crippen molar-refractivity contribution in [3.05, 3.63) is 22.3 Å². The van der Waals surface area contributed by atoms with E-state index in [4.69, 9.17) is 0 Å². The van der Waals surface area contributed by atoms with Crippen molar-refractivity contribution in [2.24, 2.45) is 28.6 Å². The number of ketones is 1. The highest BCUT2D eigenvalue weighted by Gasteiger charge is 2.58. The van der Waals surface area contributed by atoms with Crippen LogP contribution in [0.4, 0.5) is 0 Å². The molecular weight excluding hydrogens is 308 g/mol. The molecule has 0 saturated heterocycles. The fourth-order valence-electron chi connectivity index (χ4n) is 7.73. The number of fused-ring (bicyclic) bond motifs is 5. The summed E-state index contributed by atoms with van der Waals surface area (Å²) in [6.07, 6.45) is 7.55. The fraction of sp³-hybridized carbons (Fsp3) is 0.783. The molecule has 1 unspecified atom stereocenters. The Balaban J connectivity index is 1.74. The zero-order chi connectivity index (χ0) is 18.1. The Labute approximate surface area is 152 Å². The number of hydrogen-bond acceptors (Lipinski definition) is 2. The van der Waals surface area contributed by atoms with Crippen LogP contribution in [-0.4, -0.2) is 17.0 Å². The quantitative estimate of drug-likeness (QED) is 0.664. The maximum absolute atomic E-state index is 12.4. The molecule has 1 N–H and O–H groups in total. The topological polar surface area (TPSA) is 37.3 Å². The minimum absolute atomic E-state index is 0.0966. The molecule has 0 aromatic heterocycles. The molecule has 0 aliphatic heterocycles.